The molecule has 1 fully saturated rings. The highest BCUT2D eigenvalue weighted by Gasteiger charge is 2.54. The Balaban J connectivity index is 2.49. The molecule has 0 amide bonds. The number of methoxy groups -OCH3 is 1. The van der Waals surface area contributed by atoms with Crippen molar-refractivity contribution in [3.8, 4) is 5.75 Å². The molecule has 0 spiro atoms. The van der Waals surface area contributed by atoms with Crippen molar-refractivity contribution in [2.24, 2.45) is 5.73 Å². The van der Waals surface area contributed by atoms with E-state index in [1.807, 2.05) is 0 Å². The molecule has 0 bridgehead atoms. The van der Waals surface area contributed by atoms with Crippen molar-refractivity contribution >= 4 is 0 Å². The molecular weight excluding hydrogens is 198 g/mol. The Hall–Kier alpha value is -1.02. The molecule has 0 saturated heterocycles. The molecule has 1 aliphatic rings. The highest BCUT2D eigenvalue weighted by molar-refractivity contribution is 5.47. The van der Waals surface area contributed by atoms with Gasteiger partial charge in [-0.05, 0) is 45.2 Å². The Morgan fingerprint density at radius 1 is 1.31 bits per heavy atom. The van der Waals surface area contributed by atoms with Crippen LogP contribution in [-0.4, -0.2) is 12.6 Å². The zero-order valence-corrected chi connectivity index (χ0v) is 10.6. The molecule has 0 aromatic heterocycles. The Labute approximate surface area is 97.8 Å². The second-order valence-corrected chi connectivity index (χ2v) is 5.51. The summed E-state index contributed by atoms with van der Waals surface area (Å²) in [6.45, 7) is 6.30. The van der Waals surface area contributed by atoms with Gasteiger partial charge in [0.2, 0.25) is 0 Å². The third-order valence-corrected chi connectivity index (χ3v) is 3.86. The summed E-state index contributed by atoms with van der Waals surface area (Å²) in [4.78, 5) is 0. The van der Waals surface area contributed by atoms with Gasteiger partial charge in [-0.3, -0.25) is 0 Å². The van der Waals surface area contributed by atoms with Crippen LogP contribution in [0, 0.1) is 6.92 Å². The molecule has 1 saturated carbocycles. The van der Waals surface area contributed by atoms with Gasteiger partial charge >= 0.3 is 0 Å². The minimum atomic E-state index is -0.185. The Kier molecular flexibility index (Phi) is 2.50. The summed E-state index contributed by atoms with van der Waals surface area (Å²) in [7, 11) is 1.73. The molecule has 1 aromatic carbocycles. The molecule has 2 N–H and O–H groups in total. The lowest BCUT2D eigenvalue weighted by molar-refractivity contribution is 0.359. The van der Waals surface area contributed by atoms with E-state index in [0.717, 1.165) is 18.6 Å². The Morgan fingerprint density at radius 3 is 2.38 bits per heavy atom. The minimum absolute atomic E-state index is 0.117. The van der Waals surface area contributed by atoms with Gasteiger partial charge < -0.3 is 10.5 Å². The van der Waals surface area contributed by atoms with Crippen molar-refractivity contribution in [2.75, 3.05) is 7.11 Å². The molecule has 2 heteroatoms. The largest absolute Gasteiger partial charge is 0.496 e. The third kappa shape index (κ3) is 1.61. The number of hydrogen-bond acceptors (Lipinski definition) is 2. The van der Waals surface area contributed by atoms with Gasteiger partial charge in [0.1, 0.15) is 5.75 Å². The molecule has 0 atom stereocenters. The fraction of sp³-hybridized carbons (Fsp3) is 0.571. The molecule has 1 aliphatic carbocycles. The van der Waals surface area contributed by atoms with Gasteiger partial charge in [-0.1, -0.05) is 12.1 Å². The van der Waals surface area contributed by atoms with Crippen LogP contribution in [0.1, 0.15) is 37.8 Å². The first-order valence-corrected chi connectivity index (χ1v) is 5.85. The van der Waals surface area contributed by atoms with E-state index in [-0.39, 0.29) is 11.0 Å². The second kappa shape index (κ2) is 3.49. The molecular formula is C14H21NO. The zero-order chi connectivity index (χ0) is 12.0. The number of aryl methyl sites for hydroxylation is 1. The highest BCUT2D eigenvalue weighted by Crippen LogP contribution is 2.57. The van der Waals surface area contributed by atoms with E-state index >= 15 is 0 Å². The topological polar surface area (TPSA) is 35.2 Å². The van der Waals surface area contributed by atoms with Crippen LogP contribution in [-0.2, 0) is 5.41 Å². The summed E-state index contributed by atoms with van der Waals surface area (Å²) >= 11 is 0. The van der Waals surface area contributed by atoms with Gasteiger partial charge in [-0.25, -0.2) is 0 Å². The third-order valence-electron chi connectivity index (χ3n) is 3.86. The predicted molar refractivity (Wildman–Crippen MR) is 66.9 cm³/mol. The summed E-state index contributed by atoms with van der Waals surface area (Å²) in [5.74, 6) is 0.982. The van der Waals surface area contributed by atoms with Crippen LogP contribution in [0.4, 0.5) is 0 Å². The van der Waals surface area contributed by atoms with Crippen LogP contribution in [0.5, 0.6) is 5.75 Å². The second-order valence-electron chi connectivity index (χ2n) is 5.51. The van der Waals surface area contributed by atoms with E-state index < -0.39 is 0 Å². The number of benzene rings is 1. The van der Waals surface area contributed by atoms with Crippen molar-refractivity contribution < 1.29 is 4.74 Å². The van der Waals surface area contributed by atoms with Gasteiger partial charge in [0.15, 0.2) is 0 Å². The fourth-order valence-corrected chi connectivity index (χ4v) is 2.58. The van der Waals surface area contributed by atoms with Gasteiger partial charge in [0, 0.05) is 16.5 Å². The van der Waals surface area contributed by atoms with Crippen molar-refractivity contribution in [3.05, 3.63) is 29.3 Å². The minimum Gasteiger partial charge on any atom is -0.496 e. The first kappa shape index (κ1) is 11.5. The molecule has 1 aromatic rings. The molecule has 0 radical (unpaired) electrons. The SMILES string of the molecule is COc1cc(C)ccc1C1(C(C)(C)N)CC1. The maximum atomic E-state index is 6.31. The van der Waals surface area contributed by atoms with Crippen molar-refractivity contribution in [1.29, 1.82) is 0 Å². The average Bonchev–Trinajstić information content (AvgIpc) is 2.97. The average molecular weight is 219 g/mol. The summed E-state index contributed by atoms with van der Waals surface area (Å²) in [5.41, 5.74) is 8.75. The van der Waals surface area contributed by atoms with E-state index in [4.69, 9.17) is 10.5 Å². The molecule has 16 heavy (non-hydrogen) atoms. The lowest BCUT2D eigenvalue weighted by Crippen LogP contribution is -2.45. The summed E-state index contributed by atoms with van der Waals surface area (Å²) < 4.78 is 5.49. The first-order chi connectivity index (χ1) is 7.40. The van der Waals surface area contributed by atoms with Crippen LogP contribution in [0.2, 0.25) is 0 Å². The molecule has 0 unspecified atom stereocenters. The van der Waals surface area contributed by atoms with E-state index in [2.05, 4.69) is 39.0 Å². The number of hydrogen-bond donors (Lipinski definition) is 1. The maximum absolute atomic E-state index is 6.31. The van der Waals surface area contributed by atoms with Crippen molar-refractivity contribution in [3.63, 3.8) is 0 Å². The summed E-state index contributed by atoms with van der Waals surface area (Å²) in [6.07, 6.45) is 2.33. The van der Waals surface area contributed by atoms with Crippen LogP contribution >= 0.6 is 0 Å². The monoisotopic (exact) mass is 219 g/mol. The quantitative estimate of drug-likeness (QED) is 0.848. The summed E-state index contributed by atoms with van der Waals surface area (Å²) in [6, 6.07) is 6.42. The van der Waals surface area contributed by atoms with Gasteiger partial charge in [0.25, 0.3) is 0 Å². The zero-order valence-electron chi connectivity index (χ0n) is 10.6. The maximum Gasteiger partial charge on any atom is 0.122 e. The van der Waals surface area contributed by atoms with Crippen LogP contribution in [0.15, 0.2) is 18.2 Å². The van der Waals surface area contributed by atoms with Crippen LogP contribution < -0.4 is 10.5 Å². The summed E-state index contributed by atoms with van der Waals surface area (Å²) in [5, 5.41) is 0. The Morgan fingerprint density at radius 2 is 1.94 bits per heavy atom. The molecule has 0 heterocycles. The van der Waals surface area contributed by atoms with E-state index in [1.54, 1.807) is 7.11 Å². The van der Waals surface area contributed by atoms with Gasteiger partial charge in [-0.15, -0.1) is 0 Å². The molecule has 0 aliphatic heterocycles. The van der Waals surface area contributed by atoms with Crippen LogP contribution in [0.25, 0.3) is 0 Å². The van der Waals surface area contributed by atoms with Crippen molar-refractivity contribution in [2.45, 2.75) is 44.6 Å². The lowest BCUT2D eigenvalue weighted by Gasteiger charge is -2.32. The normalized spacial score (nSPS) is 18.3. The standard InChI is InChI=1S/C14H21NO/c1-10-5-6-11(12(9-10)16-4)14(7-8-14)13(2,3)15/h5-6,9H,7-8,15H2,1-4H3. The molecule has 2 rings (SSSR count). The number of ether oxygens (including phenoxy) is 1. The molecule has 2 nitrogen and oxygen atoms in total. The van der Waals surface area contributed by atoms with E-state index in [1.165, 1.54) is 11.1 Å². The predicted octanol–water partition coefficient (Wildman–Crippen LogP) is 2.77. The lowest BCUT2D eigenvalue weighted by atomic mass is 9.78. The van der Waals surface area contributed by atoms with Gasteiger partial charge in [-0.2, -0.15) is 0 Å². The highest BCUT2D eigenvalue weighted by atomic mass is 16.5. The van der Waals surface area contributed by atoms with Crippen molar-refractivity contribution in [1.82, 2.24) is 0 Å². The Bertz CT molecular complexity index is 400. The molecule has 88 valence electrons. The number of nitrogens with two attached hydrogens (primary N) is 1. The smallest absolute Gasteiger partial charge is 0.122 e. The van der Waals surface area contributed by atoms with Gasteiger partial charge in [0.05, 0.1) is 7.11 Å². The first-order valence-electron chi connectivity index (χ1n) is 5.85. The van der Waals surface area contributed by atoms with E-state index in [0.29, 0.717) is 0 Å². The number of rotatable bonds is 3. The van der Waals surface area contributed by atoms with Crippen LogP contribution in [0.3, 0.4) is 0 Å². The fourth-order valence-electron chi connectivity index (χ4n) is 2.58. The van der Waals surface area contributed by atoms with E-state index in [9.17, 15) is 0 Å².